The first kappa shape index (κ1) is 20.9. The lowest BCUT2D eigenvalue weighted by molar-refractivity contribution is -0.134. The second-order valence-corrected chi connectivity index (χ2v) is 7.72. The van der Waals surface area contributed by atoms with Gasteiger partial charge < -0.3 is 15.5 Å². The van der Waals surface area contributed by atoms with Crippen LogP contribution in [0.4, 0.5) is 11.4 Å². The Hall–Kier alpha value is -2.83. The molecule has 0 spiro atoms. The minimum atomic E-state index is -1.56. The fourth-order valence-corrected chi connectivity index (χ4v) is 3.35. The van der Waals surface area contributed by atoms with Crippen LogP contribution in [0.3, 0.4) is 0 Å². The molecule has 0 fully saturated rings. The summed E-state index contributed by atoms with van der Waals surface area (Å²) >= 11 is 11.7. The van der Waals surface area contributed by atoms with Gasteiger partial charge in [0.05, 0.1) is 0 Å². The highest BCUT2D eigenvalue weighted by atomic mass is 35.5. The van der Waals surface area contributed by atoms with E-state index in [1.54, 1.807) is 62.5 Å². The van der Waals surface area contributed by atoms with Gasteiger partial charge in [-0.2, -0.15) is 0 Å². The Kier molecular flexibility index (Phi) is 5.68. The van der Waals surface area contributed by atoms with E-state index in [9.17, 15) is 14.4 Å². The first-order chi connectivity index (χ1) is 13.6. The van der Waals surface area contributed by atoms with E-state index in [1.807, 2.05) is 0 Å². The standard InChI is InChI=1S/C21H19Cl2N3O3/c1-12-17(19(28)24-15-8-4-13(22)5-9-15)18(27)21(2,26(12)3)20(29)25-16-10-6-14(23)7-11-16/h4-11H,1-3H3,(H,24,28)(H,25,29). The van der Waals surface area contributed by atoms with Gasteiger partial charge in [0.25, 0.3) is 11.8 Å². The lowest BCUT2D eigenvalue weighted by Crippen LogP contribution is -2.54. The molecule has 3 rings (SSSR count). The molecule has 150 valence electrons. The summed E-state index contributed by atoms with van der Waals surface area (Å²) in [5, 5.41) is 6.45. The molecule has 2 aromatic carbocycles. The number of Topliss-reactive ketones (excluding diaryl/α,β-unsaturated/α-hetero) is 1. The number of nitrogens with zero attached hydrogens (tertiary/aromatic N) is 1. The summed E-state index contributed by atoms with van der Waals surface area (Å²) in [6.07, 6.45) is 0. The van der Waals surface area contributed by atoms with Crippen molar-refractivity contribution in [3.05, 3.63) is 69.8 Å². The zero-order chi connectivity index (χ0) is 21.3. The van der Waals surface area contributed by atoms with Crippen LogP contribution in [0.2, 0.25) is 10.0 Å². The van der Waals surface area contributed by atoms with Gasteiger partial charge in [0.15, 0.2) is 5.54 Å². The number of allylic oxidation sites excluding steroid dienone is 1. The van der Waals surface area contributed by atoms with Gasteiger partial charge in [-0.25, -0.2) is 0 Å². The van der Waals surface area contributed by atoms with Crippen molar-refractivity contribution in [3.63, 3.8) is 0 Å². The van der Waals surface area contributed by atoms with Crippen LogP contribution in [0.15, 0.2) is 59.8 Å². The number of hydrogen-bond acceptors (Lipinski definition) is 4. The minimum Gasteiger partial charge on any atom is -0.357 e. The van der Waals surface area contributed by atoms with Gasteiger partial charge in [0.1, 0.15) is 5.57 Å². The minimum absolute atomic E-state index is 0.0591. The number of nitrogens with one attached hydrogen (secondary N) is 2. The summed E-state index contributed by atoms with van der Waals surface area (Å²) < 4.78 is 0. The second-order valence-electron chi connectivity index (χ2n) is 6.84. The molecule has 0 bridgehead atoms. The molecule has 29 heavy (non-hydrogen) atoms. The molecule has 8 heteroatoms. The average Bonchev–Trinajstić information content (AvgIpc) is 2.86. The lowest BCUT2D eigenvalue weighted by atomic mass is 9.92. The number of likely N-dealkylation sites (N-methyl/N-ethyl adjacent to an activating group) is 1. The molecule has 1 aliphatic heterocycles. The zero-order valence-electron chi connectivity index (χ0n) is 16.0. The quantitative estimate of drug-likeness (QED) is 0.563. The van der Waals surface area contributed by atoms with Crippen molar-refractivity contribution in [2.45, 2.75) is 19.4 Å². The Morgan fingerprint density at radius 3 is 1.83 bits per heavy atom. The van der Waals surface area contributed by atoms with Crippen LogP contribution in [0.1, 0.15) is 13.8 Å². The molecular formula is C21H19Cl2N3O3. The molecule has 0 saturated heterocycles. The zero-order valence-corrected chi connectivity index (χ0v) is 17.6. The van der Waals surface area contributed by atoms with E-state index in [4.69, 9.17) is 23.2 Å². The fraction of sp³-hybridized carbons (Fsp3) is 0.190. The van der Waals surface area contributed by atoms with Gasteiger partial charge in [-0.3, -0.25) is 14.4 Å². The summed E-state index contributed by atoms with van der Waals surface area (Å²) in [4.78, 5) is 40.4. The summed E-state index contributed by atoms with van der Waals surface area (Å²) in [6.45, 7) is 3.13. The normalized spacial score (nSPS) is 18.8. The smallest absolute Gasteiger partial charge is 0.261 e. The maximum Gasteiger partial charge on any atom is 0.261 e. The lowest BCUT2D eigenvalue weighted by Gasteiger charge is -2.32. The summed E-state index contributed by atoms with van der Waals surface area (Å²) in [7, 11) is 1.61. The SMILES string of the molecule is CC1=C(C(=O)Nc2ccc(Cl)cc2)C(=O)C(C)(C(=O)Nc2ccc(Cl)cc2)N1C. The number of amides is 2. The van der Waals surface area contributed by atoms with Crippen LogP contribution < -0.4 is 10.6 Å². The monoisotopic (exact) mass is 431 g/mol. The van der Waals surface area contributed by atoms with Gasteiger partial charge >= 0.3 is 0 Å². The molecule has 2 N–H and O–H groups in total. The third-order valence-electron chi connectivity index (χ3n) is 5.08. The number of carbonyl (C=O) groups is 3. The van der Waals surface area contributed by atoms with Gasteiger partial charge in [-0.1, -0.05) is 23.2 Å². The average molecular weight is 432 g/mol. The molecule has 0 aliphatic carbocycles. The Labute approximate surface area is 178 Å². The molecule has 1 atom stereocenters. The predicted molar refractivity (Wildman–Crippen MR) is 114 cm³/mol. The number of anilines is 2. The van der Waals surface area contributed by atoms with Crippen LogP contribution in [0.25, 0.3) is 0 Å². The van der Waals surface area contributed by atoms with Crippen molar-refractivity contribution in [2.24, 2.45) is 0 Å². The topological polar surface area (TPSA) is 78.5 Å². The van der Waals surface area contributed by atoms with Crippen molar-refractivity contribution in [1.82, 2.24) is 4.90 Å². The highest BCUT2D eigenvalue weighted by Gasteiger charge is 2.53. The first-order valence-corrected chi connectivity index (χ1v) is 9.53. The van der Waals surface area contributed by atoms with Crippen LogP contribution in [0.5, 0.6) is 0 Å². The molecule has 0 saturated carbocycles. The van der Waals surface area contributed by atoms with Crippen molar-refractivity contribution in [2.75, 3.05) is 17.7 Å². The Morgan fingerprint density at radius 2 is 1.34 bits per heavy atom. The van der Waals surface area contributed by atoms with Crippen molar-refractivity contribution in [3.8, 4) is 0 Å². The molecule has 1 aliphatic rings. The maximum absolute atomic E-state index is 13.2. The van der Waals surface area contributed by atoms with Crippen LogP contribution in [0, 0.1) is 0 Å². The number of benzene rings is 2. The van der Waals surface area contributed by atoms with Gasteiger partial charge in [-0.15, -0.1) is 0 Å². The number of rotatable bonds is 4. The molecule has 0 aromatic heterocycles. The third-order valence-corrected chi connectivity index (χ3v) is 5.58. The molecule has 6 nitrogen and oxygen atoms in total. The number of ketones is 1. The fourth-order valence-electron chi connectivity index (χ4n) is 3.10. The number of carbonyl (C=O) groups excluding carboxylic acids is 3. The highest BCUT2D eigenvalue weighted by Crippen LogP contribution is 2.34. The molecular weight excluding hydrogens is 413 g/mol. The predicted octanol–water partition coefficient (Wildman–Crippen LogP) is 4.12. The molecule has 2 aromatic rings. The molecule has 1 heterocycles. The van der Waals surface area contributed by atoms with Crippen LogP contribution in [-0.2, 0) is 14.4 Å². The van der Waals surface area contributed by atoms with Gasteiger partial charge in [-0.05, 0) is 62.4 Å². The van der Waals surface area contributed by atoms with E-state index in [0.29, 0.717) is 27.1 Å². The molecule has 2 amide bonds. The largest absolute Gasteiger partial charge is 0.357 e. The van der Waals surface area contributed by atoms with Crippen LogP contribution in [-0.4, -0.2) is 35.1 Å². The Balaban J connectivity index is 1.83. The van der Waals surface area contributed by atoms with Crippen molar-refractivity contribution in [1.29, 1.82) is 0 Å². The number of hydrogen-bond donors (Lipinski definition) is 2. The molecule has 1 unspecified atom stereocenters. The first-order valence-electron chi connectivity index (χ1n) is 8.78. The third kappa shape index (κ3) is 3.86. The maximum atomic E-state index is 13.2. The van der Waals surface area contributed by atoms with Crippen LogP contribution >= 0.6 is 23.2 Å². The Bertz CT molecular complexity index is 1020. The van der Waals surface area contributed by atoms with Crippen molar-refractivity contribution >= 4 is 52.2 Å². The van der Waals surface area contributed by atoms with E-state index in [-0.39, 0.29) is 5.57 Å². The van der Waals surface area contributed by atoms with E-state index in [1.165, 1.54) is 11.8 Å². The second kappa shape index (κ2) is 7.89. The Morgan fingerprint density at radius 1 is 0.897 bits per heavy atom. The summed E-state index contributed by atoms with van der Waals surface area (Å²) in [6, 6.07) is 13.1. The van der Waals surface area contributed by atoms with Gasteiger partial charge in [0.2, 0.25) is 5.78 Å². The highest BCUT2D eigenvalue weighted by molar-refractivity contribution is 6.34. The van der Waals surface area contributed by atoms with Crippen molar-refractivity contribution < 1.29 is 14.4 Å². The molecule has 0 radical (unpaired) electrons. The summed E-state index contributed by atoms with van der Waals surface area (Å²) in [5.41, 5.74) is -0.213. The van der Waals surface area contributed by atoms with E-state index in [0.717, 1.165) is 0 Å². The summed E-state index contributed by atoms with van der Waals surface area (Å²) in [5.74, 6) is -1.69. The van der Waals surface area contributed by atoms with E-state index >= 15 is 0 Å². The number of halogens is 2. The van der Waals surface area contributed by atoms with E-state index < -0.39 is 23.1 Å². The van der Waals surface area contributed by atoms with Gasteiger partial charge in [0, 0.05) is 34.2 Å². The van der Waals surface area contributed by atoms with E-state index in [2.05, 4.69) is 10.6 Å².